The molecule has 0 saturated heterocycles. The van der Waals surface area contributed by atoms with Crippen molar-refractivity contribution in [3.8, 4) is 32.7 Å². The van der Waals surface area contributed by atoms with E-state index in [0.29, 0.717) is 0 Å². The van der Waals surface area contributed by atoms with E-state index >= 15 is 0 Å². The molecule has 1 N–H and O–H groups in total. The highest BCUT2D eigenvalue weighted by molar-refractivity contribution is 7.19. The van der Waals surface area contributed by atoms with Gasteiger partial charge in [-0.05, 0) is 84.3 Å². The van der Waals surface area contributed by atoms with Crippen molar-refractivity contribution in [1.82, 2.24) is 0 Å². The topological polar surface area (TPSA) is 47.3 Å². The minimum absolute atomic E-state index is 0.0109. The largest absolute Gasteiger partial charge is 0.507 e. The Kier molecular flexibility index (Phi) is 5.86. The fourth-order valence-corrected chi connectivity index (χ4v) is 5.23. The molecule has 0 atom stereocenters. The van der Waals surface area contributed by atoms with Crippen LogP contribution in [0.25, 0.3) is 20.9 Å². The van der Waals surface area contributed by atoms with Crippen LogP contribution < -0.4 is 4.90 Å². The van der Waals surface area contributed by atoms with Crippen LogP contribution in [0.2, 0.25) is 0 Å². The number of phenolic OH excluding ortho intramolecular Hbond substituents is 1. The molecule has 34 heavy (non-hydrogen) atoms. The van der Waals surface area contributed by atoms with Gasteiger partial charge in [0.1, 0.15) is 11.8 Å². The molecule has 0 aliphatic carbocycles. The molecule has 164 valence electrons. The van der Waals surface area contributed by atoms with Crippen LogP contribution in [0.5, 0.6) is 5.75 Å². The van der Waals surface area contributed by atoms with E-state index in [1.807, 2.05) is 18.2 Å². The van der Waals surface area contributed by atoms with Crippen molar-refractivity contribution in [2.75, 3.05) is 4.90 Å². The molecule has 0 unspecified atom stereocenters. The number of hydrogen-bond donors (Lipinski definition) is 1. The minimum atomic E-state index is 0.0109. The second kappa shape index (κ2) is 9.27. The normalized spacial score (nSPS) is 10.6. The second-order valence-corrected chi connectivity index (χ2v) is 9.07. The summed E-state index contributed by atoms with van der Waals surface area (Å²) in [5.41, 5.74) is 6.86. The first-order valence-corrected chi connectivity index (χ1v) is 11.8. The summed E-state index contributed by atoms with van der Waals surface area (Å²) in [6.07, 6.45) is 0. The third-order valence-corrected chi connectivity index (χ3v) is 7.07. The van der Waals surface area contributed by atoms with Crippen LogP contribution >= 0.6 is 11.3 Å². The fraction of sp³-hybridized carbons (Fsp3) is 0.0333. The third kappa shape index (κ3) is 4.17. The first-order valence-electron chi connectivity index (χ1n) is 11.0. The van der Waals surface area contributed by atoms with Crippen molar-refractivity contribution in [3.05, 3.63) is 120 Å². The molecule has 0 aliphatic heterocycles. The highest BCUT2D eigenvalue weighted by atomic mass is 32.1. The van der Waals surface area contributed by atoms with Crippen LogP contribution in [-0.4, -0.2) is 5.11 Å². The Bertz CT molecular complexity index is 1430. The number of rotatable bonds is 5. The first-order chi connectivity index (χ1) is 16.6. The molecule has 1 aromatic heterocycles. The average molecular weight is 459 g/mol. The highest BCUT2D eigenvalue weighted by Crippen LogP contribution is 2.40. The number of nitriles is 1. The molecule has 0 radical (unpaired) electrons. The van der Waals surface area contributed by atoms with Crippen LogP contribution in [0.4, 0.5) is 17.1 Å². The van der Waals surface area contributed by atoms with E-state index in [4.69, 9.17) is 0 Å². The van der Waals surface area contributed by atoms with E-state index in [2.05, 4.69) is 96.8 Å². The Morgan fingerprint density at radius 2 is 1.26 bits per heavy atom. The zero-order valence-electron chi connectivity index (χ0n) is 18.6. The van der Waals surface area contributed by atoms with E-state index in [-0.39, 0.29) is 11.3 Å². The van der Waals surface area contributed by atoms with Crippen molar-refractivity contribution in [2.24, 2.45) is 0 Å². The Morgan fingerprint density at radius 3 is 1.85 bits per heavy atom. The standard InChI is InChI=1S/C30H22N2OS/c1-21-18-29(23-14-17-28(33)24(19-23)20-31)34-30(21)22-12-15-27(16-13-22)32(25-8-4-2-5-9-25)26-10-6-3-7-11-26/h2-19,33H,1H3. The smallest absolute Gasteiger partial charge is 0.133 e. The zero-order valence-corrected chi connectivity index (χ0v) is 19.5. The maximum absolute atomic E-state index is 9.83. The van der Waals surface area contributed by atoms with Gasteiger partial charge in [-0.15, -0.1) is 11.3 Å². The Labute approximate surface area is 203 Å². The monoisotopic (exact) mass is 458 g/mol. The number of anilines is 3. The summed E-state index contributed by atoms with van der Waals surface area (Å²) in [4.78, 5) is 4.51. The maximum atomic E-state index is 9.83. The lowest BCUT2D eigenvalue weighted by Gasteiger charge is -2.25. The molecule has 0 bridgehead atoms. The van der Waals surface area contributed by atoms with E-state index in [1.165, 1.54) is 10.4 Å². The Hall–Kier alpha value is -4.33. The highest BCUT2D eigenvalue weighted by Gasteiger charge is 2.14. The fourth-order valence-electron chi connectivity index (χ4n) is 4.05. The van der Waals surface area contributed by atoms with Gasteiger partial charge >= 0.3 is 0 Å². The van der Waals surface area contributed by atoms with Gasteiger partial charge in [0.15, 0.2) is 0 Å². The summed E-state index contributed by atoms with van der Waals surface area (Å²) in [7, 11) is 0. The molecular formula is C30H22N2OS. The molecule has 0 aliphatic rings. The van der Waals surface area contributed by atoms with Crippen molar-refractivity contribution < 1.29 is 5.11 Å². The van der Waals surface area contributed by atoms with Gasteiger partial charge < -0.3 is 10.0 Å². The number of benzene rings is 4. The van der Waals surface area contributed by atoms with Gasteiger partial charge in [-0.2, -0.15) is 5.26 Å². The molecule has 0 saturated carbocycles. The SMILES string of the molecule is Cc1cc(-c2ccc(O)c(C#N)c2)sc1-c1ccc(N(c2ccccc2)c2ccccc2)cc1. The van der Waals surface area contributed by atoms with Crippen molar-refractivity contribution in [2.45, 2.75) is 6.92 Å². The van der Waals surface area contributed by atoms with Crippen LogP contribution in [-0.2, 0) is 0 Å². The average Bonchev–Trinajstić information content (AvgIpc) is 3.28. The van der Waals surface area contributed by atoms with Gasteiger partial charge in [0, 0.05) is 26.8 Å². The van der Waals surface area contributed by atoms with E-state index < -0.39 is 0 Å². The molecular weight excluding hydrogens is 436 g/mol. The predicted octanol–water partition coefficient (Wildman–Crippen LogP) is 8.44. The van der Waals surface area contributed by atoms with Gasteiger partial charge in [-0.1, -0.05) is 48.5 Å². The van der Waals surface area contributed by atoms with Crippen LogP contribution in [0.3, 0.4) is 0 Å². The molecule has 5 rings (SSSR count). The van der Waals surface area contributed by atoms with E-state index in [9.17, 15) is 10.4 Å². The predicted molar refractivity (Wildman–Crippen MR) is 141 cm³/mol. The number of thiophene rings is 1. The summed E-state index contributed by atoms with van der Waals surface area (Å²) in [6.45, 7) is 2.11. The summed E-state index contributed by atoms with van der Waals surface area (Å²) in [5, 5.41) is 19.1. The van der Waals surface area contributed by atoms with Crippen molar-refractivity contribution in [3.63, 3.8) is 0 Å². The van der Waals surface area contributed by atoms with Crippen LogP contribution in [0.15, 0.2) is 109 Å². The molecule has 1 heterocycles. The number of hydrogen-bond acceptors (Lipinski definition) is 4. The number of aryl methyl sites for hydroxylation is 1. The lowest BCUT2D eigenvalue weighted by atomic mass is 10.1. The molecule has 0 fully saturated rings. The van der Waals surface area contributed by atoms with Crippen molar-refractivity contribution in [1.29, 1.82) is 5.26 Å². The summed E-state index contributed by atoms with van der Waals surface area (Å²) >= 11 is 1.69. The van der Waals surface area contributed by atoms with Gasteiger partial charge in [0.25, 0.3) is 0 Å². The molecule has 4 aromatic carbocycles. The number of nitrogens with zero attached hydrogens (tertiary/aromatic N) is 2. The lowest BCUT2D eigenvalue weighted by molar-refractivity contribution is 0.473. The van der Waals surface area contributed by atoms with Gasteiger partial charge in [-0.3, -0.25) is 0 Å². The second-order valence-electron chi connectivity index (χ2n) is 8.02. The molecule has 4 heteroatoms. The summed E-state index contributed by atoms with van der Waals surface area (Å²) in [5.74, 6) is 0.0109. The van der Waals surface area contributed by atoms with Crippen LogP contribution in [0.1, 0.15) is 11.1 Å². The summed E-state index contributed by atoms with van der Waals surface area (Å²) < 4.78 is 0. The molecule has 3 nitrogen and oxygen atoms in total. The van der Waals surface area contributed by atoms with E-state index in [1.54, 1.807) is 23.5 Å². The number of aromatic hydroxyl groups is 1. The lowest BCUT2D eigenvalue weighted by Crippen LogP contribution is -2.09. The van der Waals surface area contributed by atoms with Crippen LogP contribution in [0, 0.1) is 18.3 Å². The summed E-state index contributed by atoms with van der Waals surface area (Å²) in [6, 6.07) is 38.7. The van der Waals surface area contributed by atoms with E-state index in [0.717, 1.165) is 33.1 Å². The number of phenols is 1. The maximum Gasteiger partial charge on any atom is 0.133 e. The molecule has 5 aromatic rings. The first kappa shape index (κ1) is 21.5. The zero-order chi connectivity index (χ0) is 23.5. The van der Waals surface area contributed by atoms with Gasteiger partial charge in [-0.25, -0.2) is 0 Å². The number of para-hydroxylation sites is 2. The van der Waals surface area contributed by atoms with Crippen molar-refractivity contribution >= 4 is 28.4 Å². The quantitative estimate of drug-likeness (QED) is 0.287. The van der Waals surface area contributed by atoms with Gasteiger partial charge in [0.2, 0.25) is 0 Å². The Balaban J connectivity index is 1.50. The molecule has 0 amide bonds. The minimum Gasteiger partial charge on any atom is -0.507 e. The molecule has 0 spiro atoms. The Morgan fingerprint density at radius 1 is 0.706 bits per heavy atom. The third-order valence-electron chi connectivity index (χ3n) is 5.74. The van der Waals surface area contributed by atoms with Gasteiger partial charge in [0.05, 0.1) is 5.56 Å².